The molecule has 0 atom stereocenters. The van der Waals surface area contributed by atoms with Gasteiger partial charge >= 0.3 is 29.6 Å². The molecule has 1 fully saturated rings. The Morgan fingerprint density at radius 2 is 1.82 bits per heavy atom. The van der Waals surface area contributed by atoms with Gasteiger partial charge < -0.3 is 10.4 Å². The minimum Gasteiger partial charge on any atom is -0.597 e. The zero-order valence-electron chi connectivity index (χ0n) is 6.86. The van der Waals surface area contributed by atoms with Crippen LogP contribution >= 0.6 is 0 Å². The van der Waals surface area contributed by atoms with Crippen LogP contribution in [0.5, 0.6) is 0 Å². The van der Waals surface area contributed by atoms with Gasteiger partial charge in [-0.05, 0) is 12.8 Å². The smallest absolute Gasteiger partial charge is 0.597 e. The quantitative estimate of drug-likeness (QED) is 0.228. The van der Waals surface area contributed by atoms with Gasteiger partial charge in [-0.15, -0.1) is 0 Å². The van der Waals surface area contributed by atoms with E-state index in [9.17, 15) is 5.21 Å². The summed E-state index contributed by atoms with van der Waals surface area (Å²) in [5, 5.41) is 21.4. The number of hydroxylamine groups is 1. The maximum atomic E-state index is 10.7. The van der Waals surface area contributed by atoms with E-state index in [-0.39, 0.29) is 35.6 Å². The Morgan fingerprint density at radius 3 is 2.27 bits per heavy atom. The van der Waals surface area contributed by atoms with Gasteiger partial charge in [0, 0.05) is 12.8 Å². The molecule has 0 radical (unpaired) electrons. The maximum Gasteiger partial charge on any atom is 1.00 e. The Bertz CT molecular complexity index is 135. The molecule has 0 saturated heterocycles. The van der Waals surface area contributed by atoms with Crippen molar-refractivity contribution in [3.63, 3.8) is 0 Å². The number of hydrogen-bond donors (Lipinski definition) is 1. The average molecular weight is 167 g/mol. The van der Waals surface area contributed by atoms with Crippen molar-refractivity contribution in [3.8, 4) is 0 Å². The fourth-order valence-corrected chi connectivity index (χ4v) is 1.37. The van der Waals surface area contributed by atoms with E-state index in [4.69, 9.17) is 5.21 Å². The van der Waals surface area contributed by atoms with E-state index in [1.54, 1.807) is 0 Å². The zero-order chi connectivity index (χ0) is 7.40. The van der Waals surface area contributed by atoms with Crippen LogP contribution in [0.2, 0.25) is 0 Å². The van der Waals surface area contributed by atoms with Gasteiger partial charge in [-0.25, -0.2) is 0 Å². The van der Waals surface area contributed by atoms with Gasteiger partial charge in [0.2, 0.25) is 0 Å². The standard InChI is InChI=1S/C6H12N2O2.Na/c9-7-8(10)6-4-2-1-3-5-6;/h6,9H,1-5H2;/q;+1/b8-7+;. The first-order valence-corrected chi connectivity index (χ1v) is 3.66. The van der Waals surface area contributed by atoms with Gasteiger partial charge in [0.05, 0.1) is 0 Å². The molecule has 0 bridgehead atoms. The molecule has 58 valence electrons. The molecule has 5 heteroatoms. The molecular weight excluding hydrogens is 155 g/mol. The van der Waals surface area contributed by atoms with E-state index in [1.807, 2.05) is 0 Å². The molecule has 11 heavy (non-hydrogen) atoms. The van der Waals surface area contributed by atoms with E-state index in [2.05, 4.69) is 5.28 Å². The summed E-state index contributed by atoms with van der Waals surface area (Å²) in [6.45, 7) is 0. The Hall–Kier alpha value is 0.200. The van der Waals surface area contributed by atoms with Crippen LogP contribution in [-0.2, 0) is 0 Å². The zero-order valence-corrected chi connectivity index (χ0v) is 8.86. The normalized spacial score (nSPS) is 20.9. The van der Waals surface area contributed by atoms with Gasteiger partial charge in [0.15, 0.2) is 11.3 Å². The maximum absolute atomic E-state index is 10.7. The van der Waals surface area contributed by atoms with Gasteiger partial charge in [0.1, 0.15) is 0 Å². The third-order valence-electron chi connectivity index (χ3n) is 1.98. The first kappa shape index (κ1) is 11.2. The fourth-order valence-electron chi connectivity index (χ4n) is 1.37. The van der Waals surface area contributed by atoms with E-state index < -0.39 is 0 Å². The molecule has 0 aliphatic heterocycles. The monoisotopic (exact) mass is 167 g/mol. The molecular formula is C6H12N2NaO2+. The summed E-state index contributed by atoms with van der Waals surface area (Å²) < 4.78 is 0. The van der Waals surface area contributed by atoms with Crippen LogP contribution < -0.4 is 29.6 Å². The van der Waals surface area contributed by atoms with E-state index in [1.165, 1.54) is 6.42 Å². The van der Waals surface area contributed by atoms with E-state index in [0.29, 0.717) is 4.86 Å². The Kier molecular flexibility index (Phi) is 5.91. The van der Waals surface area contributed by atoms with E-state index >= 15 is 0 Å². The second-order valence-electron chi connectivity index (χ2n) is 2.68. The average Bonchev–Trinajstić information content (AvgIpc) is 2.05. The Labute approximate surface area is 88.1 Å². The Balaban J connectivity index is 0.000001000. The van der Waals surface area contributed by atoms with Crippen molar-refractivity contribution in [1.82, 2.24) is 0 Å². The van der Waals surface area contributed by atoms with Crippen molar-refractivity contribution < 1.29 is 39.6 Å². The predicted octanol–water partition coefficient (Wildman–Crippen LogP) is -1.33. The van der Waals surface area contributed by atoms with Crippen LogP contribution in [0, 0.1) is 5.21 Å². The summed E-state index contributed by atoms with van der Waals surface area (Å²) in [6, 6.07) is -0.0706. The Morgan fingerprint density at radius 1 is 1.27 bits per heavy atom. The first-order valence-electron chi connectivity index (χ1n) is 3.66. The third kappa shape index (κ3) is 3.40. The summed E-state index contributed by atoms with van der Waals surface area (Å²) in [6.07, 6.45) is 5.11. The fraction of sp³-hybridized carbons (Fsp3) is 1.00. The van der Waals surface area contributed by atoms with Crippen molar-refractivity contribution >= 4 is 0 Å². The molecule has 0 aromatic heterocycles. The molecule has 1 aliphatic carbocycles. The second-order valence-corrected chi connectivity index (χ2v) is 2.68. The second kappa shape index (κ2) is 5.80. The molecule has 1 rings (SSSR count). The van der Waals surface area contributed by atoms with Crippen molar-refractivity contribution in [2.24, 2.45) is 5.28 Å². The molecule has 0 heterocycles. The summed E-state index contributed by atoms with van der Waals surface area (Å²) in [4.78, 5) is 0.416. The van der Waals surface area contributed by atoms with Crippen molar-refractivity contribution in [2.75, 3.05) is 0 Å². The van der Waals surface area contributed by atoms with Gasteiger partial charge in [-0.1, -0.05) is 11.3 Å². The summed E-state index contributed by atoms with van der Waals surface area (Å²) >= 11 is 0. The van der Waals surface area contributed by atoms with Gasteiger partial charge in [-0.3, -0.25) is 0 Å². The van der Waals surface area contributed by atoms with Crippen molar-refractivity contribution in [2.45, 2.75) is 38.1 Å². The minimum atomic E-state index is -0.0706. The van der Waals surface area contributed by atoms with Gasteiger partial charge in [0.25, 0.3) is 0 Å². The molecule has 0 aromatic rings. The van der Waals surface area contributed by atoms with Crippen molar-refractivity contribution in [1.29, 1.82) is 0 Å². The van der Waals surface area contributed by atoms with Gasteiger partial charge in [-0.2, -0.15) is 0 Å². The third-order valence-corrected chi connectivity index (χ3v) is 1.98. The molecule has 1 aliphatic rings. The molecule has 1 N–H and O–H groups in total. The summed E-state index contributed by atoms with van der Waals surface area (Å²) in [5.41, 5.74) is 0. The predicted molar refractivity (Wildman–Crippen MR) is 34.7 cm³/mol. The first-order chi connectivity index (χ1) is 4.84. The van der Waals surface area contributed by atoms with Crippen LogP contribution in [0.3, 0.4) is 0 Å². The van der Waals surface area contributed by atoms with Crippen LogP contribution in [-0.4, -0.2) is 16.1 Å². The van der Waals surface area contributed by atoms with Crippen molar-refractivity contribution in [3.05, 3.63) is 5.21 Å². The molecule has 1 saturated carbocycles. The number of nitrogens with zero attached hydrogens (tertiary/aromatic N) is 2. The number of hydrogen-bond acceptors (Lipinski definition) is 2. The van der Waals surface area contributed by atoms with E-state index in [0.717, 1.165) is 25.7 Å². The number of rotatable bonds is 1. The van der Waals surface area contributed by atoms with Crippen LogP contribution in [0.1, 0.15) is 32.1 Å². The molecule has 0 aromatic carbocycles. The molecule has 0 amide bonds. The molecule has 0 spiro atoms. The largest absolute Gasteiger partial charge is 1.00 e. The summed E-state index contributed by atoms with van der Waals surface area (Å²) in [7, 11) is 0. The molecule has 4 nitrogen and oxygen atoms in total. The van der Waals surface area contributed by atoms with Crippen LogP contribution in [0.4, 0.5) is 0 Å². The molecule has 0 unspecified atom stereocenters. The topological polar surface area (TPSA) is 58.7 Å². The SMILES string of the molecule is [Na+].[O-]/[N+](=N/O)C1CCCCC1. The summed E-state index contributed by atoms with van der Waals surface area (Å²) in [5.74, 6) is 0. The van der Waals surface area contributed by atoms with Crippen LogP contribution in [0.15, 0.2) is 5.28 Å². The minimum absolute atomic E-state index is 0. The van der Waals surface area contributed by atoms with Crippen LogP contribution in [0.25, 0.3) is 0 Å².